The van der Waals surface area contributed by atoms with E-state index in [9.17, 15) is 14.5 Å². The maximum atomic E-state index is 13.9. The second kappa shape index (κ2) is 4.89. The van der Waals surface area contributed by atoms with Gasteiger partial charge in [-0.25, -0.2) is 4.39 Å². The van der Waals surface area contributed by atoms with Gasteiger partial charge in [-0.1, -0.05) is 0 Å². The molecular formula is C12H16FN3O2. The number of halogens is 1. The number of nitro benzene ring substituents is 1. The first-order valence-electron chi connectivity index (χ1n) is 5.93. The number of nitrogens with two attached hydrogens (primary N) is 1. The molecule has 98 valence electrons. The van der Waals surface area contributed by atoms with Gasteiger partial charge in [-0.3, -0.25) is 10.1 Å². The quantitative estimate of drug-likeness (QED) is 0.659. The molecule has 0 bridgehead atoms. The van der Waals surface area contributed by atoms with E-state index in [0.29, 0.717) is 24.7 Å². The van der Waals surface area contributed by atoms with Crippen molar-refractivity contribution in [2.24, 2.45) is 11.7 Å². The van der Waals surface area contributed by atoms with Crippen LogP contribution >= 0.6 is 0 Å². The summed E-state index contributed by atoms with van der Waals surface area (Å²) in [6.45, 7) is 3.29. The summed E-state index contributed by atoms with van der Waals surface area (Å²) >= 11 is 0. The zero-order valence-corrected chi connectivity index (χ0v) is 10.2. The first-order valence-corrected chi connectivity index (χ1v) is 5.93. The second-order valence-corrected chi connectivity index (χ2v) is 4.73. The van der Waals surface area contributed by atoms with Crippen molar-refractivity contribution >= 4 is 11.4 Å². The number of hydrogen-bond acceptors (Lipinski definition) is 4. The highest BCUT2D eigenvalue weighted by molar-refractivity contribution is 5.53. The van der Waals surface area contributed by atoms with Crippen LogP contribution in [0, 0.1) is 21.8 Å². The van der Waals surface area contributed by atoms with Gasteiger partial charge >= 0.3 is 0 Å². The number of benzene rings is 1. The van der Waals surface area contributed by atoms with E-state index in [1.807, 2.05) is 11.8 Å². The SMILES string of the molecule is CC1CC(CN)CN1c1ccc([N+](=O)[O-])cc1F. The van der Waals surface area contributed by atoms with E-state index in [4.69, 9.17) is 5.73 Å². The third-order valence-corrected chi connectivity index (χ3v) is 3.45. The van der Waals surface area contributed by atoms with Gasteiger partial charge in [-0.05, 0) is 31.9 Å². The van der Waals surface area contributed by atoms with Crippen LogP contribution in [0.3, 0.4) is 0 Å². The van der Waals surface area contributed by atoms with E-state index in [2.05, 4.69) is 0 Å². The molecule has 0 spiro atoms. The number of nitrogens with zero attached hydrogens (tertiary/aromatic N) is 2. The van der Waals surface area contributed by atoms with Crippen LogP contribution in [0.15, 0.2) is 18.2 Å². The molecule has 0 aliphatic carbocycles. The Morgan fingerprint density at radius 3 is 2.83 bits per heavy atom. The highest BCUT2D eigenvalue weighted by atomic mass is 19.1. The molecule has 1 fully saturated rings. The molecule has 0 saturated carbocycles. The van der Waals surface area contributed by atoms with Crippen LogP contribution in [-0.2, 0) is 0 Å². The Labute approximate surface area is 105 Å². The van der Waals surface area contributed by atoms with E-state index in [-0.39, 0.29) is 11.7 Å². The number of hydrogen-bond donors (Lipinski definition) is 1. The third-order valence-electron chi connectivity index (χ3n) is 3.45. The second-order valence-electron chi connectivity index (χ2n) is 4.73. The summed E-state index contributed by atoms with van der Waals surface area (Å²) in [5, 5.41) is 10.6. The summed E-state index contributed by atoms with van der Waals surface area (Å²) in [6, 6.07) is 3.98. The molecule has 1 saturated heterocycles. The summed E-state index contributed by atoms with van der Waals surface area (Å²) in [5.74, 6) is -0.191. The molecule has 1 heterocycles. The number of rotatable bonds is 3. The molecule has 1 aromatic rings. The lowest BCUT2D eigenvalue weighted by molar-refractivity contribution is -0.385. The lowest BCUT2D eigenvalue weighted by Crippen LogP contribution is -2.28. The van der Waals surface area contributed by atoms with Crippen LogP contribution in [0.5, 0.6) is 0 Å². The van der Waals surface area contributed by atoms with Crippen LogP contribution < -0.4 is 10.6 Å². The molecule has 5 nitrogen and oxygen atoms in total. The average Bonchev–Trinajstić information content (AvgIpc) is 2.70. The summed E-state index contributed by atoms with van der Waals surface area (Å²) in [5.41, 5.74) is 5.83. The molecule has 0 amide bonds. The van der Waals surface area contributed by atoms with Crippen LogP contribution in [-0.4, -0.2) is 24.1 Å². The van der Waals surface area contributed by atoms with Gasteiger partial charge in [0.2, 0.25) is 0 Å². The Balaban J connectivity index is 2.26. The zero-order chi connectivity index (χ0) is 13.3. The molecule has 18 heavy (non-hydrogen) atoms. The standard InChI is InChI=1S/C12H16FN3O2/c1-8-4-9(6-14)7-15(8)12-3-2-10(16(17)18)5-11(12)13/h2-3,5,8-9H,4,6-7,14H2,1H3. The molecular weight excluding hydrogens is 237 g/mol. The van der Waals surface area contributed by atoms with Crippen molar-refractivity contribution < 1.29 is 9.31 Å². The predicted octanol–water partition coefficient (Wildman–Crippen LogP) is 1.91. The average molecular weight is 253 g/mol. The number of anilines is 1. The van der Waals surface area contributed by atoms with Crippen molar-refractivity contribution in [2.75, 3.05) is 18.0 Å². The van der Waals surface area contributed by atoms with Gasteiger partial charge in [0, 0.05) is 18.7 Å². The first-order chi connectivity index (χ1) is 8.52. The van der Waals surface area contributed by atoms with Gasteiger partial charge in [0.25, 0.3) is 5.69 Å². The molecule has 0 radical (unpaired) electrons. The van der Waals surface area contributed by atoms with E-state index in [1.54, 1.807) is 0 Å². The minimum Gasteiger partial charge on any atom is -0.366 e. The van der Waals surface area contributed by atoms with E-state index in [1.165, 1.54) is 12.1 Å². The molecule has 1 aromatic carbocycles. The molecule has 1 aliphatic heterocycles. The summed E-state index contributed by atoms with van der Waals surface area (Å²) in [4.78, 5) is 11.9. The molecule has 0 aromatic heterocycles. The molecule has 2 rings (SSSR count). The smallest absolute Gasteiger partial charge is 0.272 e. The normalized spacial score (nSPS) is 23.4. The summed E-state index contributed by atoms with van der Waals surface area (Å²) in [6.07, 6.45) is 0.924. The molecule has 2 unspecified atom stereocenters. The summed E-state index contributed by atoms with van der Waals surface area (Å²) < 4.78 is 13.9. The monoisotopic (exact) mass is 253 g/mol. The largest absolute Gasteiger partial charge is 0.366 e. The van der Waals surface area contributed by atoms with E-state index >= 15 is 0 Å². The predicted molar refractivity (Wildman–Crippen MR) is 67.0 cm³/mol. The van der Waals surface area contributed by atoms with Gasteiger partial charge in [-0.15, -0.1) is 0 Å². The lowest BCUT2D eigenvalue weighted by atomic mass is 10.1. The van der Waals surface area contributed by atoms with Crippen molar-refractivity contribution in [3.63, 3.8) is 0 Å². The Kier molecular flexibility index (Phi) is 3.47. The highest BCUT2D eigenvalue weighted by Gasteiger charge is 2.30. The van der Waals surface area contributed by atoms with Gasteiger partial charge in [0.1, 0.15) is 0 Å². The number of non-ortho nitro benzene ring substituents is 1. The molecule has 6 heteroatoms. The first kappa shape index (κ1) is 12.8. The molecule has 2 atom stereocenters. The fourth-order valence-electron chi connectivity index (χ4n) is 2.49. The Morgan fingerprint density at radius 1 is 1.61 bits per heavy atom. The molecule has 2 N–H and O–H groups in total. The fraction of sp³-hybridized carbons (Fsp3) is 0.500. The van der Waals surface area contributed by atoms with E-state index < -0.39 is 10.7 Å². The van der Waals surface area contributed by atoms with Crippen LogP contribution in [0.25, 0.3) is 0 Å². The highest BCUT2D eigenvalue weighted by Crippen LogP contribution is 2.32. The topological polar surface area (TPSA) is 72.4 Å². The minimum atomic E-state index is -0.594. The van der Waals surface area contributed by atoms with Gasteiger partial charge < -0.3 is 10.6 Å². The van der Waals surface area contributed by atoms with Crippen LogP contribution in [0.4, 0.5) is 15.8 Å². The van der Waals surface area contributed by atoms with Crippen molar-refractivity contribution in [1.29, 1.82) is 0 Å². The molecule has 1 aliphatic rings. The fourth-order valence-corrected chi connectivity index (χ4v) is 2.49. The third kappa shape index (κ3) is 2.28. The van der Waals surface area contributed by atoms with Gasteiger partial charge in [-0.2, -0.15) is 0 Å². The zero-order valence-electron chi connectivity index (χ0n) is 10.2. The Morgan fingerprint density at radius 2 is 2.33 bits per heavy atom. The van der Waals surface area contributed by atoms with Crippen molar-refractivity contribution in [2.45, 2.75) is 19.4 Å². The summed E-state index contributed by atoms with van der Waals surface area (Å²) in [7, 11) is 0. The van der Waals surface area contributed by atoms with Crippen molar-refractivity contribution in [1.82, 2.24) is 0 Å². The van der Waals surface area contributed by atoms with E-state index in [0.717, 1.165) is 12.5 Å². The lowest BCUT2D eigenvalue weighted by Gasteiger charge is -2.24. The Hall–Kier alpha value is -1.69. The number of nitro groups is 1. The minimum absolute atomic E-state index is 0.203. The van der Waals surface area contributed by atoms with Gasteiger partial charge in [0.05, 0.1) is 16.7 Å². The van der Waals surface area contributed by atoms with Gasteiger partial charge in [0.15, 0.2) is 5.82 Å². The van der Waals surface area contributed by atoms with Crippen molar-refractivity contribution in [3.8, 4) is 0 Å². The Bertz CT molecular complexity index is 467. The van der Waals surface area contributed by atoms with Crippen molar-refractivity contribution in [3.05, 3.63) is 34.1 Å². The maximum Gasteiger partial charge on any atom is 0.272 e. The van der Waals surface area contributed by atoms with Crippen LogP contribution in [0.2, 0.25) is 0 Å². The van der Waals surface area contributed by atoms with Crippen LogP contribution in [0.1, 0.15) is 13.3 Å². The maximum absolute atomic E-state index is 13.9.